The highest BCUT2D eigenvalue weighted by Gasteiger charge is 2.25. The number of carbonyl (C=O) groups excluding carboxylic acids is 3. The molecule has 7 heteroatoms. The number of amides is 1. The van der Waals surface area contributed by atoms with Crippen molar-refractivity contribution in [3.8, 4) is 0 Å². The number of nitrogens with zero attached hydrogens (tertiary/aromatic N) is 1. The summed E-state index contributed by atoms with van der Waals surface area (Å²) < 4.78 is 11.0. The average molecular weight is 563 g/mol. The van der Waals surface area contributed by atoms with Gasteiger partial charge in [0.1, 0.15) is 6.10 Å². The van der Waals surface area contributed by atoms with Gasteiger partial charge in [-0.3, -0.25) is 15.1 Å². The van der Waals surface area contributed by atoms with E-state index in [1.165, 1.54) is 64.2 Å². The molecule has 7 nitrogen and oxygen atoms in total. The SMILES string of the molecule is CCCCCCCCCCCCCCOC(=O)c1ccc(C)c(NC(=O)OC(C)C2=Nc3ccccc3C(=O)C2)c1. The number of rotatable bonds is 17. The molecule has 0 saturated heterocycles. The zero-order chi connectivity index (χ0) is 29.5. The first-order valence-electron chi connectivity index (χ1n) is 15.3. The van der Waals surface area contributed by atoms with Gasteiger partial charge in [0, 0.05) is 11.3 Å². The standard InChI is InChI=1S/C34H46N2O5/c1-4-5-6-7-8-9-10-11-12-13-14-17-22-40-33(38)27-21-20-25(2)30(23-27)36-34(39)41-26(3)31-24-32(37)28-18-15-16-19-29(28)35-31/h15-16,18-21,23,26H,4-14,17,22,24H2,1-3H3,(H,36,39). The normalized spacial score (nSPS) is 13.2. The van der Waals surface area contributed by atoms with Crippen LogP contribution in [0.25, 0.3) is 0 Å². The number of hydrogen-bond acceptors (Lipinski definition) is 6. The second-order valence-electron chi connectivity index (χ2n) is 10.9. The zero-order valence-corrected chi connectivity index (χ0v) is 25.0. The van der Waals surface area contributed by atoms with Crippen LogP contribution in [0.4, 0.5) is 16.2 Å². The topological polar surface area (TPSA) is 94.1 Å². The van der Waals surface area contributed by atoms with E-state index in [1.807, 2.05) is 13.0 Å². The van der Waals surface area contributed by atoms with Crippen molar-refractivity contribution in [1.29, 1.82) is 0 Å². The average Bonchev–Trinajstić information content (AvgIpc) is 2.96. The Labute approximate surface area is 245 Å². The number of ketones is 1. The molecule has 1 unspecified atom stereocenters. The van der Waals surface area contributed by atoms with Gasteiger partial charge in [-0.15, -0.1) is 0 Å². The highest BCUT2D eigenvalue weighted by molar-refractivity contribution is 6.17. The van der Waals surface area contributed by atoms with Crippen LogP contribution in [-0.4, -0.2) is 36.3 Å². The third-order valence-corrected chi connectivity index (χ3v) is 7.50. The largest absolute Gasteiger partial charge is 0.462 e. The van der Waals surface area contributed by atoms with E-state index in [2.05, 4.69) is 17.2 Å². The molecule has 0 saturated carbocycles. The number of anilines is 1. The summed E-state index contributed by atoms with van der Waals surface area (Å²) in [7, 11) is 0. The van der Waals surface area contributed by atoms with Crippen LogP contribution >= 0.6 is 0 Å². The maximum absolute atomic E-state index is 12.6. The number of aliphatic imine (C=N–C) groups is 1. The van der Waals surface area contributed by atoms with Crippen LogP contribution in [0, 0.1) is 6.92 Å². The molecule has 222 valence electrons. The van der Waals surface area contributed by atoms with E-state index >= 15 is 0 Å². The highest BCUT2D eigenvalue weighted by atomic mass is 16.6. The molecule has 1 heterocycles. The molecule has 1 aliphatic heterocycles. The van der Waals surface area contributed by atoms with E-state index in [9.17, 15) is 14.4 Å². The molecule has 1 aliphatic rings. The predicted octanol–water partition coefficient (Wildman–Crippen LogP) is 9.15. The molecule has 1 atom stereocenters. The van der Waals surface area contributed by atoms with Crippen molar-refractivity contribution in [2.24, 2.45) is 4.99 Å². The molecule has 1 N–H and O–H groups in total. The van der Waals surface area contributed by atoms with Crippen molar-refractivity contribution in [2.75, 3.05) is 11.9 Å². The summed E-state index contributed by atoms with van der Waals surface area (Å²) in [5.74, 6) is -0.460. The molecule has 0 bridgehead atoms. The van der Waals surface area contributed by atoms with E-state index < -0.39 is 18.2 Å². The zero-order valence-electron chi connectivity index (χ0n) is 25.0. The quantitative estimate of drug-likeness (QED) is 0.153. The van der Waals surface area contributed by atoms with Crippen molar-refractivity contribution in [3.05, 3.63) is 59.2 Å². The Balaban J connectivity index is 1.36. The van der Waals surface area contributed by atoms with Crippen LogP contribution in [0.5, 0.6) is 0 Å². The minimum absolute atomic E-state index is 0.0491. The molecule has 0 spiro atoms. The summed E-state index contributed by atoms with van der Waals surface area (Å²) in [5, 5.41) is 2.71. The van der Waals surface area contributed by atoms with Gasteiger partial charge in [-0.2, -0.15) is 0 Å². The van der Waals surface area contributed by atoms with E-state index in [1.54, 1.807) is 43.3 Å². The monoisotopic (exact) mass is 562 g/mol. The lowest BCUT2D eigenvalue weighted by molar-refractivity contribution is 0.0497. The molecular weight excluding hydrogens is 516 g/mol. The number of Topliss-reactive ketones (excluding diaryl/α,β-unsaturated/α-hetero) is 1. The van der Waals surface area contributed by atoms with E-state index in [0.717, 1.165) is 18.4 Å². The number of carbonyl (C=O) groups is 3. The van der Waals surface area contributed by atoms with Gasteiger partial charge in [-0.05, 0) is 50.1 Å². The minimum Gasteiger partial charge on any atom is -0.462 e. The summed E-state index contributed by atoms with van der Waals surface area (Å²) in [6, 6.07) is 12.2. The van der Waals surface area contributed by atoms with Gasteiger partial charge in [0.25, 0.3) is 0 Å². The van der Waals surface area contributed by atoms with Gasteiger partial charge in [0.15, 0.2) is 5.78 Å². The lowest BCUT2D eigenvalue weighted by Gasteiger charge is -2.20. The molecule has 41 heavy (non-hydrogen) atoms. The molecule has 0 aromatic heterocycles. The molecule has 1 amide bonds. The summed E-state index contributed by atoms with van der Waals surface area (Å²) >= 11 is 0. The summed E-state index contributed by atoms with van der Waals surface area (Å²) in [4.78, 5) is 42.2. The number of fused-ring (bicyclic) bond motifs is 1. The van der Waals surface area contributed by atoms with Crippen molar-refractivity contribution in [3.63, 3.8) is 0 Å². The molecular formula is C34H46N2O5. The first-order chi connectivity index (χ1) is 19.9. The Bertz CT molecular complexity index is 1190. The lowest BCUT2D eigenvalue weighted by Crippen LogP contribution is -2.30. The molecule has 2 aromatic rings. The number of aryl methyl sites for hydroxylation is 1. The van der Waals surface area contributed by atoms with Crippen molar-refractivity contribution in [2.45, 2.75) is 110 Å². The molecule has 2 aromatic carbocycles. The van der Waals surface area contributed by atoms with Gasteiger partial charge < -0.3 is 9.47 Å². The second kappa shape index (κ2) is 17.4. The van der Waals surface area contributed by atoms with Crippen molar-refractivity contribution >= 4 is 34.9 Å². The number of unbranched alkanes of at least 4 members (excludes halogenated alkanes) is 11. The van der Waals surface area contributed by atoms with E-state index in [-0.39, 0.29) is 12.2 Å². The fourth-order valence-electron chi connectivity index (χ4n) is 4.94. The van der Waals surface area contributed by atoms with Gasteiger partial charge in [-0.25, -0.2) is 9.59 Å². The number of benzene rings is 2. The van der Waals surface area contributed by atoms with Crippen LogP contribution in [0.1, 0.15) is 124 Å². The Morgan fingerprint density at radius 2 is 1.54 bits per heavy atom. The van der Waals surface area contributed by atoms with Crippen molar-refractivity contribution < 1.29 is 23.9 Å². The molecule has 3 rings (SSSR count). The Kier molecular flexibility index (Phi) is 13.6. The number of ether oxygens (including phenoxy) is 2. The Morgan fingerprint density at radius 3 is 2.22 bits per heavy atom. The number of nitrogens with one attached hydrogen (secondary N) is 1. The molecule has 0 radical (unpaired) electrons. The number of esters is 1. The predicted molar refractivity (Wildman–Crippen MR) is 165 cm³/mol. The first-order valence-corrected chi connectivity index (χ1v) is 15.3. The number of para-hydroxylation sites is 1. The second-order valence-corrected chi connectivity index (χ2v) is 10.9. The van der Waals surface area contributed by atoms with Gasteiger partial charge in [0.2, 0.25) is 0 Å². The highest BCUT2D eigenvalue weighted by Crippen LogP contribution is 2.27. The smallest absolute Gasteiger partial charge is 0.412 e. The first kappa shape index (κ1) is 32.0. The van der Waals surface area contributed by atoms with E-state index in [0.29, 0.717) is 34.8 Å². The Morgan fingerprint density at radius 1 is 0.902 bits per heavy atom. The minimum atomic E-state index is -0.684. The van der Waals surface area contributed by atoms with E-state index in [4.69, 9.17) is 9.47 Å². The molecule has 0 aliphatic carbocycles. The van der Waals surface area contributed by atoms with Crippen LogP contribution in [0.3, 0.4) is 0 Å². The van der Waals surface area contributed by atoms with Gasteiger partial charge in [0.05, 0.1) is 30.0 Å². The lowest BCUT2D eigenvalue weighted by atomic mass is 9.98. The van der Waals surface area contributed by atoms with Gasteiger partial charge in [-0.1, -0.05) is 95.8 Å². The third-order valence-electron chi connectivity index (χ3n) is 7.50. The van der Waals surface area contributed by atoms with Crippen LogP contribution in [-0.2, 0) is 9.47 Å². The third kappa shape index (κ3) is 10.8. The van der Waals surface area contributed by atoms with Crippen LogP contribution in [0.2, 0.25) is 0 Å². The maximum atomic E-state index is 12.6. The maximum Gasteiger partial charge on any atom is 0.412 e. The number of hydrogen-bond donors (Lipinski definition) is 1. The summed E-state index contributed by atoms with van der Waals surface area (Å²) in [6.07, 6.45) is 13.8. The summed E-state index contributed by atoms with van der Waals surface area (Å²) in [5.41, 5.74) is 3.28. The Hall–Kier alpha value is -3.48. The van der Waals surface area contributed by atoms with Crippen molar-refractivity contribution in [1.82, 2.24) is 0 Å². The summed E-state index contributed by atoms with van der Waals surface area (Å²) in [6.45, 7) is 6.16. The van der Waals surface area contributed by atoms with Crippen LogP contribution in [0.15, 0.2) is 47.5 Å². The fraction of sp³-hybridized carbons (Fsp3) is 0.529. The van der Waals surface area contributed by atoms with Gasteiger partial charge >= 0.3 is 12.1 Å². The van der Waals surface area contributed by atoms with Crippen LogP contribution < -0.4 is 5.32 Å². The fourth-order valence-corrected chi connectivity index (χ4v) is 4.94. The molecule has 0 fully saturated rings.